The van der Waals surface area contributed by atoms with Crippen LogP contribution in [0.2, 0.25) is 0 Å². The van der Waals surface area contributed by atoms with Crippen LogP contribution in [0, 0.1) is 0 Å². The molecular formula is C21H13NO4. The van der Waals surface area contributed by atoms with E-state index in [0.29, 0.717) is 33.7 Å². The highest BCUT2D eigenvalue weighted by Crippen LogP contribution is 2.48. The van der Waals surface area contributed by atoms with Crippen LogP contribution in [0.15, 0.2) is 71.7 Å². The highest BCUT2D eigenvalue weighted by Gasteiger charge is 2.25. The lowest BCUT2D eigenvalue weighted by Gasteiger charge is -2.23. The minimum Gasteiger partial charge on any atom is -0.508 e. The van der Waals surface area contributed by atoms with Crippen LogP contribution in [0.4, 0.5) is 0 Å². The fraction of sp³-hybridized carbons (Fsp3) is 0. The van der Waals surface area contributed by atoms with Gasteiger partial charge in [-0.2, -0.15) is 0 Å². The Morgan fingerprint density at radius 2 is 1.58 bits per heavy atom. The van der Waals surface area contributed by atoms with E-state index >= 15 is 0 Å². The lowest BCUT2D eigenvalue weighted by molar-refractivity contribution is 0.463. The molecule has 1 aromatic heterocycles. The number of ether oxygens (including phenoxy) is 1. The summed E-state index contributed by atoms with van der Waals surface area (Å²) in [6.45, 7) is 0. The van der Waals surface area contributed by atoms with Crippen molar-refractivity contribution in [2.45, 2.75) is 0 Å². The molecule has 1 aliphatic rings. The van der Waals surface area contributed by atoms with Crippen molar-refractivity contribution in [2.24, 2.45) is 0 Å². The molecule has 0 spiro atoms. The molecule has 0 bridgehead atoms. The van der Waals surface area contributed by atoms with E-state index in [1.807, 2.05) is 30.3 Å². The lowest BCUT2D eigenvalue weighted by Crippen LogP contribution is -2.19. The number of phenols is 2. The fourth-order valence-electron chi connectivity index (χ4n) is 3.43. The number of aromatic hydroxyl groups is 2. The normalized spacial score (nSPS) is 11.8. The number of aromatic nitrogens is 1. The molecule has 126 valence electrons. The lowest BCUT2D eigenvalue weighted by atomic mass is 9.96. The second-order valence-electron chi connectivity index (χ2n) is 6.17. The second kappa shape index (κ2) is 5.13. The number of nitrogens with zero attached hydrogens (tertiary/aromatic N) is 1. The Labute approximate surface area is 148 Å². The molecule has 0 aliphatic carbocycles. The summed E-state index contributed by atoms with van der Waals surface area (Å²) in [5, 5.41) is 21.0. The predicted octanol–water partition coefficient (Wildman–Crippen LogP) is 4.17. The minimum atomic E-state index is -0.332. The summed E-state index contributed by atoms with van der Waals surface area (Å²) in [4.78, 5) is 13.1. The molecule has 3 aromatic carbocycles. The van der Waals surface area contributed by atoms with Gasteiger partial charge in [0.15, 0.2) is 0 Å². The summed E-state index contributed by atoms with van der Waals surface area (Å²) in [5.74, 6) is 1.08. The molecule has 2 N–H and O–H groups in total. The maximum absolute atomic E-state index is 13.1. The van der Waals surface area contributed by atoms with Gasteiger partial charge >= 0.3 is 0 Å². The summed E-state index contributed by atoms with van der Waals surface area (Å²) in [6, 6.07) is 17.1. The van der Waals surface area contributed by atoms with E-state index in [0.717, 1.165) is 0 Å². The first-order valence-electron chi connectivity index (χ1n) is 8.11. The number of phenolic OH excluding ortho intramolecular Hbond substituents is 2. The molecule has 0 radical (unpaired) electrons. The maximum atomic E-state index is 13.1. The van der Waals surface area contributed by atoms with Crippen molar-refractivity contribution in [3.05, 3.63) is 77.2 Å². The summed E-state index contributed by atoms with van der Waals surface area (Å²) in [5.41, 5.74) is 1.74. The number of benzene rings is 3. The maximum Gasteiger partial charge on any atom is 0.266 e. The van der Waals surface area contributed by atoms with Gasteiger partial charge in [0.1, 0.15) is 23.0 Å². The van der Waals surface area contributed by atoms with Crippen LogP contribution in [0.25, 0.3) is 27.6 Å². The largest absolute Gasteiger partial charge is 0.508 e. The van der Waals surface area contributed by atoms with Crippen molar-refractivity contribution in [1.82, 2.24) is 4.57 Å². The van der Waals surface area contributed by atoms with Crippen LogP contribution in [0.3, 0.4) is 0 Å². The van der Waals surface area contributed by atoms with Gasteiger partial charge in [0.25, 0.3) is 5.56 Å². The van der Waals surface area contributed by atoms with Gasteiger partial charge in [0, 0.05) is 28.4 Å². The number of rotatable bonds is 1. The van der Waals surface area contributed by atoms with Crippen LogP contribution in [0.1, 0.15) is 0 Å². The summed E-state index contributed by atoms with van der Waals surface area (Å²) < 4.78 is 7.39. The van der Waals surface area contributed by atoms with E-state index in [1.165, 1.54) is 10.6 Å². The zero-order chi connectivity index (χ0) is 17.8. The van der Waals surface area contributed by atoms with Crippen LogP contribution in [0.5, 0.6) is 23.0 Å². The Bertz CT molecular complexity index is 1240. The van der Waals surface area contributed by atoms with Crippen LogP contribution in [-0.4, -0.2) is 14.8 Å². The number of fused-ring (bicyclic) bond motifs is 2. The van der Waals surface area contributed by atoms with Gasteiger partial charge in [0.05, 0.1) is 5.39 Å². The Morgan fingerprint density at radius 1 is 0.808 bits per heavy atom. The first kappa shape index (κ1) is 14.6. The Balaban J connectivity index is 1.98. The third kappa shape index (κ3) is 1.94. The molecule has 2 heterocycles. The minimum absolute atomic E-state index is 0.0987. The summed E-state index contributed by atoms with van der Waals surface area (Å²) in [7, 11) is 0. The highest BCUT2D eigenvalue weighted by molar-refractivity contribution is 6.06. The average molecular weight is 343 g/mol. The van der Waals surface area contributed by atoms with Gasteiger partial charge in [-0.15, -0.1) is 0 Å². The fourth-order valence-corrected chi connectivity index (χ4v) is 3.43. The molecule has 4 aromatic rings. The van der Waals surface area contributed by atoms with Crippen molar-refractivity contribution in [2.75, 3.05) is 0 Å². The van der Waals surface area contributed by atoms with Crippen molar-refractivity contribution in [3.8, 4) is 39.8 Å². The first-order chi connectivity index (χ1) is 12.6. The Kier molecular flexibility index (Phi) is 2.88. The van der Waals surface area contributed by atoms with Gasteiger partial charge in [-0.05, 0) is 42.5 Å². The van der Waals surface area contributed by atoms with Gasteiger partial charge in [-0.25, -0.2) is 0 Å². The van der Waals surface area contributed by atoms with E-state index in [2.05, 4.69) is 0 Å². The SMILES string of the molecule is O=c1c2c(O)ccc3c2c(cn1-c1ccccc1)-c1cc(O)ccc1O3. The van der Waals surface area contributed by atoms with Crippen molar-refractivity contribution in [1.29, 1.82) is 0 Å². The van der Waals surface area contributed by atoms with E-state index in [-0.39, 0.29) is 22.4 Å². The number of hydrogen-bond acceptors (Lipinski definition) is 4. The monoisotopic (exact) mass is 343 g/mol. The second-order valence-corrected chi connectivity index (χ2v) is 6.17. The zero-order valence-corrected chi connectivity index (χ0v) is 13.5. The van der Waals surface area contributed by atoms with Crippen LogP contribution >= 0.6 is 0 Å². The first-order valence-corrected chi connectivity index (χ1v) is 8.11. The smallest absolute Gasteiger partial charge is 0.266 e. The van der Waals surface area contributed by atoms with Gasteiger partial charge in [0.2, 0.25) is 0 Å². The van der Waals surface area contributed by atoms with E-state index in [9.17, 15) is 15.0 Å². The molecule has 5 heteroatoms. The molecule has 0 fully saturated rings. The Hall–Kier alpha value is -3.73. The quantitative estimate of drug-likeness (QED) is 0.479. The molecule has 0 saturated heterocycles. The van der Waals surface area contributed by atoms with Gasteiger partial charge in [-0.3, -0.25) is 9.36 Å². The number of hydrogen-bond donors (Lipinski definition) is 2. The number of pyridine rings is 1. The summed E-state index contributed by atoms with van der Waals surface area (Å²) in [6.07, 6.45) is 1.73. The standard InChI is InChI=1S/C21H13NO4/c23-13-6-8-17-14(10-13)15-11-22(12-4-2-1-3-5-12)21(25)20-16(24)7-9-18(26-17)19(15)20/h1-11,23-24H. The van der Waals surface area contributed by atoms with Crippen molar-refractivity contribution in [3.63, 3.8) is 0 Å². The van der Waals surface area contributed by atoms with E-state index in [1.54, 1.807) is 30.5 Å². The molecule has 1 aliphatic heterocycles. The topological polar surface area (TPSA) is 71.7 Å². The van der Waals surface area contributed by atoms with Crippen LogP contribution < -0.4 is 10.3 Å². The predicted molar refractivity (Wildman–Crippen MR) is 98.4 cm³/mol. The Morgan fingerprint density at radius 3 is 2.38 bits per heavy atom. The molecule has 0 atom stereocenters. The zero-order valence-electron chi connectivity index (χ0n) is 13.5. The molecule has 5 rings (SSSR count). The molecule has 0 unspecified atom stereocenters. The summed E-state index contributed by atoms with van der Waals surface area (Å²) >= 11 is 0. The average Bonchev–Trinajstić information content (AvgIpc) is 2.66. The molecule has 26 heavy (non-hydrogen) atoms. The molecule has 0 amide bonds. The third-order valence-electron chi connectivity index (χ3n) is 4.61. The van der Waals surface area contributed by atoms with Crippen LogP contribution in [-0.2, 0) is 0 Å². The molecule has 0 saturated carbocycles. The van der Waals surface area contributed by atoms with E-state index in [4.69, 9.17) is 4.74 Å². The van der Waals surface area contributed by atoms with E-state index < -0.39 is 0 Å². The number of para-hydroxylation sites is 1. The highest BCUT2D eigenvalue weighted by atomic mass is 16.5. The molecule has 5 nitrogen and oxygen atoms in total. The molecular weight excluding hydrogens is 330 g/mol. The third-order valence-corrected chi connectivity index (χ3v) is 4.61. The van der Waals surface area contributed by atoms with Gasteiger partial charge < -0.3 is 14.9 Å². The van der Waals surface area contributed by atoms with Crippen molar-refractivity contribution < 1.29 is 14.9 Å². The van der Waals surface area contributed by atoms with Crippen molar-refractivity contribution >= 4 is 10.8 Å². The van der Waals surface area contributed by atoms with Gasteiger partial charge in [-0.1, -0.05) is 18.2 Å².